The second kappa shape index (κ2) is 6.29. The smallest absolute Gasteiger partial charge is 0.309 e. The molecule has 6 heteroatoms. The zero-order valence-electron chi connectivity index (χ0n) is 10.6. The summed E-state index contributed by atoms with van der Waals surface area (Å²) >= 11 is 1.48. The second-order valence-corrected chi connectivity index (χ2v) is 4.90. The summed E-state index contributed by atoms with van der Waals surface area (Å²) in [4.78, 5) is 21.1. The quantitative estimate of drug-likeness (QED) is 0.876. The van der Waals surface area contributed by atoms with Crippen molar-refractivity contribution in [2.45, 2.75) is 19.9 Å². The van der Waals surface area contributed by atoms with Gasteiger partial charge in [0.25, 0.3) is 0 Å². The molecule has 0 spiro atoms. The van der Waals surface area contributed by atoms with E-state index < -0.39 is 5.97 Å². The van der Waals surface area contributed by atoms with Crippen LogP contribution in [0.25, 0.3) is 0 Å². The Labute approximate surface area is 115 Å². The monoisotopic (exact) mass is 277 g/mol. The highest BCUT2D eigenvalue weighted by Crippen LogP contribution is 2.22. The molecule has 2 rings (SSSR count). The minimum Gasteiger partial charge on any atom is -0.481 e. The molecule has 0 amide bonds. The maximum absolute atomic E-state index is 10.7. The number of carbonyl (C=O) groups is 1. The normalized spacial score (nSPS) is 10.4. The van der Waals surface area contributed by atoms with Crippen molar-refractivity contribution in [2.75, 3.05) is 11.4 Å². The van der Waals surface area contributed by atoms with Gasteiger partial charge in [0.1, 0.15) is 0 Å². The summed E-state index contributed by atoms with van der Waals surface area (Å²) in [6.07, 6.45) is 3.51. The Hall–Kier alpha value is -1.95. The summed E-state index contributed by atoms with van der Waals surface area (Å²) in [6.45, 7) is 3.63. The van der Waals surface area contributed by atoms with E-state index in [1.165, 1.54) is 11.3 Å². The first kappa shape index (κ1) is 13.5. The molecule has 0 aliphatic heterocycles. The van der Waals surface area contributed by atoms with Crippen molar-refractivity contribution in [3.8, 4) is 0 Å². The molecule has 0 bridgehead atoms. The van der Waals surface area contributed by atoms with Gasteiger partial charge >= 0.3 is 5.97 Å². The first-order valence-corrected chi connectivity index (χ1v) is 6.87. The number of aliphatic carboxylic acids is 1. The molecule has 5 nitrogen and oxygen atoms in total. The zero-order valence-corrected chi connectivity index (χ0v) is 11.4. The van der Waals surface area contributed by atoms with Crippen LogP contribution in [0.15, 0.2) is 29.9 Å². The topological polar surface area (TPSA) is 66.3 Å². The van der Waals surface area contributed by atoms with Crippen LogP contribution in [0.3, 0.4) is 0 Å². The van der Waals surface area contributed by atoms with Crippen LogP contribution in [0.4, 0.5) is 5.13 Å². The molecule has 0 unspecified atom stereocenters. The van der Waals surface area contributed by atoms with E-state index >= 15 is 0 Å². The molecule has 1 N–H and O–H groups in total. The summed E-state index contributed by atoms with van der Waals surface area (Å²) in [6, 6.07) is 3.93. The minimum atomic E-state index is -0.853. The summed E-state index contributed by atoms with van der Waals surface area (Å²) < 4.78 is 0. The van der Waals surface area contributed by atoms with E-state index in [-0.39, 0.29) is 6.42 Å². The number of rotatable bonds is 6. The van der Waals surface area contributed by atoms with Gasteiger partial charge in [0.2, 0.25) is 0 Å². The third kappa shape index (κ3) is 3.75. The lowest BCUT2D eigenvalue weighted by atomic mass is 10.2. The van der Waals surface area contributed by atoms with E-state index in [1.54, 1.807) is 17.8 Å². The molecule has 0 saturated heterocycles. The Morgan fingerprint density at radius 3 is 2.79 bits per heavy atom. The van der Waals surface area contributed by atoms with Gasteiger partial charge in [-0.05, 0) is 24.6 Å². The highest BCUT2D eigenvalue weighted by molar-refractivity contribution is 7.13. The fourth-order valence-corrected chi connectivity index (χ4v) is 2.59. The Balaban J connectivity index is 2.09. The largest absolute Gasteiger partial charge is 0.481 e. The summed E-state index contributed by atoms with van der Waals surface area (Å²) in [5.41, 5.74) is 1.77. The van der Waals surface area contributed by atoms with Crippen LogP contribution in [0.5, 0.6) is 0 Å². The van der Waals surface area contributed by atoms with Crippen LogP contribution >= 0.6 is 11.3 Å². The molecule has 2 aromatic rings. The van der Waals surface area contributed by atoms with Gasteiger partial charge in [-0.1, -0.05) is 0 Å². The van der Waals surface area contributed by atoms with Gasteiger partial charge < -0.3 is 10.0 Å². The molecule has 0 fully saturated rings. The molecule has 0 atom stereocenters. The van der Waals surface area contributed by atoms with Crippen molar-refractivity contribution in [2.24, 2.45) is 0 Å². The zero-order chi connectivity index (χ0) is 13.7. The van der Waals surface area contributed by atoms with E-state index in [1.807, 2.05) is 12.1 Å². The van der Waals surface area contributed by atoms with Crippen LogP contribution < -0.4 is 4.90 Å². The maximum Gasteiger partial charge on any atom is 0.309 e. The molecule has 0 aliphatic carbocycles. The maximum atomic E-state index is 10.7. The SMILES string of the molecule is CCN(Cc1ccncc1)c1nc(CC(=O)O)cs1. The van der Waals surface area contributed by atoms with Crippen molar-refractivity contribution < 1.29 is 9.90 Å². The summed E-state index contributed by atoms with van der Waals surface area (Å²) in [5, 5.41) is 11.4. The van der Waals surface area contributed by atoms with Crippen LogP contribution in [0, 0.1) is 0 Å². The first-order chi connectivity index (χ1) is 9.19. The minimum absolute atomic E-state index is 0.0245. The number of hydrogen-bond acceptors (Lipinski definition) is 5. The van der Waals surface area contributed by atoms with E-state index in [4.69, 9.17) is 5.11 Å². The number of anilines is 1. The number of aromatic nitrogens is 2. The Morgan fingerprint density at radius 1 is 1.42 bits per heavy atom. The number of pyridine rings is 1. The highest BCUT2D eigenvalue weighted by Gasteiger charge is 2.11. The van der Waals surface area contributed by atoms with E-state index in [2.05, 4.69) is 21.8 Å². The van der Waals surface area contributed by atoms with E-state index in [0.717, 1.165) is 23.8 Å². The third-order valence-electron chi connectivity index (χ3n) is 2.65. The highest BCUT2D eigenvalue weighted by atomic mass is 32.1. The molecular formula is C13H15N3O2S. The lowest BCUT2D eigenvalue weighted by Crippen LogP contribution is -2.21. The van der Waals surface area contributed by atoms with Crippen LogP contribution in [-0.2, 0) is 17.8 Å². The van der Waals surface area contributed by atoms with Crippen LogP contribution in [0.1, 0.15) is 18.2 Å². The molecule has 19 heavy (non-hydrogen) atoms. The Morgan fingerprint density at radius 2 is 2.16 bits per heavy atom. The fraction of sp³-hybridized carbons (Fsp3) is 0.308. The second-order valence-electron chi connectivity index (χ2n) is 4.06. The lowest BCUT2D eigenvalue weighted by molar-refractivity contribution is -0.136. The van der Waals surface area contributed by atoms with Gasteiger partial charge in [-0.2, -0.15) is 0 Å². The Bertz CT molecular complexity index is 542. The number of carboxylic acids is 1. The van der Waals surface area contributed by atoms with Crippen molar-refractivity contribution in [1.29, 1.82) is 0 Å². The fourth-order valence-electron chi connectivity index (χ4n) is 1.70. The number of thiazole rings is 1. The summed E-state index contributed by atoms with van der Waals surface area (Å²) in [5.74, 6) is -0.853. The van der Waals surface area contributed by atoms with Crippen molar-refractivity contribution >= 4 is 22.4 Å². The van der Waals surface area contributed by atoms with Gasteiger partial charge in [0.05, 0.1) is 12.1 Å². The first-order valence-electron chi connectivity index (χ1n) is 5.99. The number of nitrogens with zero attached hydrogens (tertiary/aromatic N) is 3. The van der Waals surface area contributed by atoms with Crippen LogP contribution in [-0.4, -0.2) is 27.6 Å². The third-order valence-corrected chi connectivity index (χ3v) is 3.60. The molecular weight excluding hydrogens is 262 g/mol. The van der Waals surface area contributed by atoms with Gasteiger partial charge in [-0.3, -0.25) is 9.78 Å². The summed E-state index contributed by atoms with van der Waals surface area (Å²) in [7, 11) is 0. The van der Waals surface area contributed by atoms with Crippen molar-refractivity contribution in [1.82, 2.24) is 9.97 Å². The van der Waals surface area contributed by atoms with Gasteiger partial charge in [0.15, 0.2) is 5.13 Å². The molecule has 0 aliphatic rings. The Kier molecular flexibility index (Phi) is 4.46. The van der Waals surface area contributed by atoms with Crippen LogP contribution in [0.2, 0.25) is 0 Å². The standard InChI is InChI=1S/C13H15N3O2S/c1-2-16(8-10-3-5-14-6-4-10)13-15-11(9-19-13)7-12(17)18/h3-6,9H,2,7-8H2,1H3,(H,17,18). The average Bonchev–Trinajstić information content (AvgIpc) is 2.84. The van der Waals surface area contributed by atoms with Gasteiger partial charge in [-0.15, -0.1) is 11.3 Å². The van der Waals surface area contributed by atoms with E-state index in [0.29, 0.717) is 5.69 Å². The van der Waals surface area contributed by atoms with E-state index in [9.17, 15) is 4.79 Å². The molecule has 0 saturated carbocycles. The van der Waals surface area contributed by atoms with Crippen molar-refractivity contribution in [3.05, 3.63) is 41.2 Å². The van der Waals surface area contributed by atoms with Crippen molar-refractivity contribution in [3.63, 3.8) is 0 Å². The van der Waals surface area contributed by atoms with Gasteiger partial charge in [-0.25, -0.2) is 4.98 Å². The predicted molar refractivity (Wildman–Crippen MR) is 74.4 cm³/mol. The van der Waals surface area contributed by atoms with Gasteiger partial charge in [0, 0.05) is 30.9 Å². The lowest BCUT2D eigenvalue weighted by Gasteiger charge is -2.19. The number of carboxylic acid groups (broad SMARTS) is 1. The predicted octanol–water partition coefficient (Wildman–Crippen LogP) is 2.19. The molecule has 2 aromatic heterocycles. The average molecular weight is 277 g/mol. The molecule has 0 radical (unpaired) electrons. The molecule has 100 valence electrons. The molecule has 2 heterocycles. The molecule has 0 aromatic carbocycles. The number of hydrogen-bond donors (Lipinski definition) is 1.